The number of ketones is 1. The molecule has 0 unspecified atom stereocenters. The summed E-state index contributed by atoms with van der Waals surface area (Å²) in [5.41, 5.74) is 1.22. The second-order valence-corrected chi connectivity index (χ2v) is 6.97. The highest BCUT2D eigenvalue weighted by Gasteiger charge is 2.19. The van der Waals surface area contributed by atoms with E-state index in [0.717, 1.165) is 10.0 Å². The largest absolute Gasteiger partial charge is 0.322 e. The number of hydrogen-bond acceptors (Lipinski definition) is 4. The number of hydrogen-bond donors (Lipinski definition) is 1. The van der Waals surface area contributed by atoms with Crippen molar-refractivity contribution in [3.63, 3.8) is 0 Å². The first kappa shape index (κ1) is 20.2. The van der Waals surface area contributed by atoms with Crippen LogP contribution in [0.15, 0.2) is 83.3 Å². The lowest BCUT2D eigenvalue weighted by atomic mass is 10.0. The number of nitro groups is 1. The fourth-order valence-corrected chi connectivity index (χ4v) is 2.87. The molecule has 0 saturated heterocycles. The van der Waals surface area contributed by atoms with Gasteiger partial charge in [0.1, 0.15) is 0 Å². The number of nitrogens with one attached hydrogen (secondary N) is 1. The zero-order chi connectivity index (χ0) is 20.8. The zero-order valence-electron chi connectivity index (χ0n) is 15.0. The first-order valence-electron chi connectivity index (χ1n) is 8.57. The first-order valence-corrected chi connectivity index (χ1v) is 9.36. The van der Waals surface area contributed by atoms with E-state index in [1.54, 1.807) is 36.4 Å². The summed E-state index contributed by atoms with van der Waals surface area (Å²) in [5, 5.41) is 13.8. The van der Waals surface area contributed by atoms with Crippen LogP contribution in [-0.2, 0) is 4.79 Å². The molecule has 0 aromatic heterocycles. The zero-order valence-corrected chi connectivity index (χ0v) is 16.6. The molecule has 0 bridgehead atoms. The molecule has 1 amide bonds. The molecule has 3 aromatic rings. The van der Waals surface area contributed by atoms with Crippen LogP contribution < -0.4 is 5.32 Å². The maximum absolute atomic E-state index is 12.8. The van der Waals surface area contributed by atoms with Crippen molar-refractivity contribution in [3.8, 4) is 0 Å². The van der Waals surface area contributed by atoms with Gasteiger partial charge in [0.15, 0.2) is 5.78 Å². The van der Waals surface area contributed by atoms with Gasteiger partial charge in [-0.05, 0) is 29.8 Å². The van der Waals surface area contributed by atoms with Crippen LogP contribution in [0.5, 0.6) is 0 Å². The predicted octanol–water partition coefficient (Wildman–Crippen LogP) is 5.24. The lowest BCUT2D eigenvalue weighted by molar-refractivity contribution is -0.384. The third-order valence-electron chi connectivity index (χ3n) is 4.05. The average Bonchev–Trinajstić information content (AvgIpc) is 2.73. The Kier molecular flexibility index (Phi) is 6.31. The van der Waals surface area contributed by atoms with Crippen molar-refractivity contribution < 1.29 is 14.5 Å². The summed E-state index contributed by atoms with van der Waals surface area (Å²) in [7, 11) is 0. The molecule has 0 aliphatic carbocycles. The minimum absolute atomic E-state index is 0.0517. The molecule has 0 saturated carbocycles. The Morgan fingerprint density at radius 3 is 2.31 bits per heavy atom. The lowest BCUT2D eigenvalue weighted by Crippen LogP contribution is -2.13. The number of non-ortho nitro benzene ring substituents is 1. The Bertz CT molecular complexity index is 1090. The normalized spacial score (nSPS) is 10.7. The Balaban J connectivity index is 1.87. The van der Waals surface area contributed by atoms with Gasteiger partial charge in [0, 0.05) is 28.2 Å². The monoisotopic (exact) mass is 450 g/mol. The van der Waals surface area contributed by atoms with Crippen molar-refractivity contribution in [2.24, 2.45) is 0 Å². The molecular weight excluding hydrogens is 436 g/mol. The van der Waals surface area contributed by atoms with Crippen molar-refractivity contribution >= 4 is 45.1 Å². The van der Waals surface area contributed by atoms with E-state index < -0.39 is 16.6 Å². The smallest absolute Gasteiger partial charge is 0.270 e. The molecule has 3 rings (SSSR count). The minimum atomic E-state index is -0.583. The summed E-state index contributed by atoms with van der Waals surface area (Å²) in [6.45, 7) is 0. The van der Waals surface area contributed by atoms with Crippen molar-refractivity contribution in [1.82, 2.24) is 0 Å². The lowest BCUT2D eigenvalue weighted by Gasteiger charge is -2.09. The topological polar surface area (TPSA) is 89.3 Å². The predicted molar refractivity (Wildman–Crippen MR) is 115 cm³/mol. The summed E-state index contributed by atoms with van der Waals surface area (Å²) >= 11 is 3.34. The van der Waals surface area contributed by atoms with Gasteiger partial charge in [-0.15, -0.1) is 0 Å². The number of carbonyl (C=O) groups is 2. The molecule has 6 nitrogen and oxygen atoms in total. The van der Waals surface area contributed by atoms with Gasteiger partial charge in [-0.25, -0.2) is 0 Å². The molecule has 7 heteroatoms. The average molecular weight is 451 g/mol. The second kappa shape index (κ2) is 9.07. The standard InChI is InChI=1S/C22H15BrN2O4/c23-17-9-6-15(7-10-17)8-13-21(26)24-20-12-11-18(25(28)29)14-19(20)22(27)16-4-2-1-3-5-16/h1-14H,(H,24,26)/b13-8+. The Labute approximate surface area is 175 Å². The van der Waals surface area contributed by atoms with Crippen LogP contribution in [0, 0.1) is 10.1 Å². The van der Waals surface area contributed by atoms with Crippen LogP contribution in [0.2, 0.25) is 0 Å². The third-order valence-corrected chi connectivity index (χ3v) is 4.58. The van der Waals surface area contributed by atoms with Crippen molar-refractivity contribution in [1.29, 1.82) is 0 Å². The number of benzene rings is 3. The van der Waals surface area contributed by atoms with Crippen LogP contribution in [0.25, 0.3) is 6.08 Å². The van der Waals surface area contributed by atoms with Gasteiger partial charge in [-0.2, -0.15) is 0 Å². The van der Waals surface area contributed by atoms with E-state index in [9.17, 15) is 19.7 Å². The number of carbonyl (C=O) groups excluding carboxylic acids is 2. The minimum Gasteiger partial charge on any atom is -0.322 e. The number of rotatable bonds is 6. The quantitative estimate of drug-likeness (QED) is 0.240. The van der Waals surface area contributed by atoms with Crippen molar-refractivity contribution in [2.75, 3.05) is 5.32 Å². The Morgan fingerprint density at radius 1 is 0.966 bits per heavy atom. The molecule has 0 aliphatic heterocycles. The van der Waals surface area contributed by atoms with Gasteiger partial charge in [-0.3, -0.25) is 19.7 Å². The molecule has 0 spiro atoms. The van der Waals surface area contributed by atoms with E-state index in [0.29, 0.717) is 5.56 Å². The summed E-state index contributed by atoms with van der Waals surface area (Å²) in [6, 6.07) is 19.5. The summed E-state index contributed by atoms with van der Waals surface area (Å²) in [6.07, 6.45) is 2.97. The van der Waals surface area contributed by atoms with Gasteiger partial charge < -0.3 is 5.32 Å². The van der Waals surface area contributed by atoms with E-state index >= 15 is 0 Å². The highest BCUT2D eigenvalue weighted by molar-refractivity contribution is 9.10. The summed E-state index contributed by atoms with van der Waals surface area (Å²) in [4.78, 5) is 35.7. The van der Waals surface area contributed by atoms with Crippen LogP contribution in [-0.4, -0.2) is 16.6 Å². The van der Waals surface area contributed by atoms with E-state index in [1.165, 1.54) is 24.3 Å². The van der Waals surface area contributed by atoms with Crippen molar-refractivity contribution in [2.45, 2.75) is 0 Å². The van der Waals surface area contributed by atoms with E-state index in [-0.39, 0.29) is 16.9 Å². The molecule has 3 aromatic carbocycles. The molecule has 144 valence electrons. The second-order valence-electron chi connectivity index (χ2n) is 6.06. The highest BCUT2D eigenvalue weighted by atomic mass is 79.9. The maximum Gasteiger partial charge on any atom is 0.270 e. The van der Waals surface area contributed by atoms with Crippen LogP contribution in [0.1, 0.15) is 21.5 Å². The van der Waals surface area contributed by atoms with Gasteiger partial charge >= 0.3 is 0 Å². The Morgan fingerprint density at radius 2 is 1.66 bits per heavy atom. The molecule has 1 N–H and O–H groups in total. The van der Waals surface area contributed by atoms with Gasteiger partial charge in [0.05, 0.1) is 16.2 Å². The van der Waals surface area contributed by atoms with E-state index in [4.69, 9.17) is 0 Å². The van der Waals surface area contributed by atoms with E-state index in [2.05, 4.69) is 21.2 Å². The Hall–Kier alpha value is -3.58. The van der Waals surface area contributed by atoms with Crippen LogP contribution >= 0.6 is 15.9 Å². The molecule has 0 fully saturated rings. The molecule has 29 heavy (non-hydrogen) atoms. The molecule has 0 aliphatic rings. The molecule has 0 atom stereocenters. The number of anilines is 1. The number of nitrogens with zero attached hydrogens (tertiary/aromatic N) is 1. The van der Waals surface area contributed by atoms with Crippen LogP contribution in [0.4, 0.5) is 11.4 Å². The highest BCUT2D eigenvalue weighted by Crippen LogP contribution is 2.25. The summed E-state index contributed by atoms with van der Waals surface area (Å²) < 4.78 is 0.925. The SMILES string of the molecule is O=C(/C=C/c1ccc(Br)cc1)Nc1ccc([N+](=O)[O-])cc1C(=O)c1ccccc1. The third kappa shape index (κ3) is 5.24. The van der Waals surface area contributed by atoms with E-state index in [1.807, 2.05) is 24.3 Å². The molecule has 0 heterocycles. The maximum atomic E-state index is 12.8. The fraction of sp³-hybridized carbons (Fsp3) is 0. The summed E-state index contributed by atoms with van der Waals surface area (Å²) in [5.74, 6) is -0.870. The van der Waals surface area contributed by atoms with Gasteiger partial charge in [0.2, 0.25) is 5.91 Å². The first-order chi connectivity index (χ1) is 13.9. The van der Waals surface area contributed by atoms with Gasteiger partial charge in [-0.1, -0.05) is 58.4 Å². The van der Waals surface area contributed by atoms with Crippen LogP contribution in [0.3, 0.4) is 0 Å². The molecular formula is C22H15BrN2O4. The fourth-order valence-electron chi connectivity index (χ4n) is 2.61. The molecule has 0 radical (unpaired) electrons. The number of nitro benzene ring substituents is 1. The number of amides is 1. The number of halogens is 1. The van der Waals surface area contributed by atoms with Crippen molar-refractivity contribution in [3.05, 3.63) is 110 Å². The van der Waals surface area contributed by atoms with Gasteiger partial charge in [0.25, 0.3) is 5.69 Å².